The van der Waals surface area contributed by atoms with Crippen LogP contribution in [0, 0.1) is 0 Å². The minimum Gasteiger partial charge on any atom is -0.507 e. The fraction of sp³-hybridized carbons (Fsp3) is 0.133. The second-order valence-corrected chi connectivity index (χ2v) is 4.00. The van der Waals surface area contributed by atoms with E-state index < -0.39 is 0 Å². The number of ether oxygens (including phenoxy) is 1. The van der Waals surface area contributed by atoms with Gasteiger partial charge < -0.3 is 9.84 Å². The zero-order valence-electron chi connectivity index (χ0n) is 10.1. The van der Waals surface area contributed by atoms with Crippen LogP contribution in [0.4, 0.5) is 0 Å². The lowest BCUT2D eigenvalue weighted by Gasteiger charge is -2.14. The first kappa shape index (κ1) is 12.2. The Balaban J connectivity index is 0.000000134. The monoisotopic (exact) mass is 242 g/mol. The van der Waals surface area contributed by atoms with E-state index in [-0.39, 0.29) is 5.78 Å². The molecule has 92 valence electrons. The zero-order chi connectivity index (χ0) is 13.0. The molecule has 4 rings (SSSR count). The largest absolute Gasteiger partial charge is 0.507 e. The summed E-state index contributed by atoms with van der Waals surface area (Å²) in [5, 5.41) is 9.07. The molecule has 0 saturated heterocycles. The normalized spacial score (nSPS) is 11.2. The molecule has 18 heavy (non-hydrogen) atoms. The maximum absolute atomic E-state index is 10.6. The maximum Gasteiger partial charge on any atom is 0.159 e. The number of carbonyl (C=O) groups excluding carboxylic acids is 1. The van der Waals surface area contributed by atoms with Gasteiger partial charge in [-0.15, -0.1) is 0 Å². The minimum absolute atomic E-state index is 0.121. The number of aromatic hydroxyl groups is 1. The van der Waals surface area contributed by atoms with Crippen LogP contribution in [-0.4, -0.2) is 10.9 Å². The van der Waals surface area contributed by atoms with Crippen molar-refractivity contribution < 1.29 is 14.6 Å². The van der Waals surface area contributed by atoms with Gasteiger partial charge in [-0.25, -0.2) is 0 Å². The van der Waals surface area contributed by atoms with E-state index in [0.29, 0.717) is 12.4 Å². The molecule has 0 radical (unpaired) electrons. The SMILES string of the molecule is CC(=O)c1ccccc1.Oc1cc2ccc1CO2. The van der Waals surface area contributed by atoms with Gasteiger partial charge in [-0.1, -0.05) is 30.3 Å². The number of rotatable bonds is 1. The molecule has 0 fully saturated rings. The quantitative estimate of drug-likeness (QED) is 0.781. The molecule has 0 aliphatic carbocycles. The first-order valence-electron chi connectivity index (χ1n) is 5.67. The van der Waals surface area contributed by atoms with Gasteiger partial charge in [-0.3, -0.25) is 4.79 Å². The van der Waals surface area contributed by atoms with E-state index in [4.69, 9.17) is 9.84 Å². The summed E-state index contributed by atoms with van der Waals surface area (Å²) in [6.45, 7) is 2.09. The van der Waals surface area contributed by atoms with Gasteiger partial charge >= 0.3 is 0 Å². The second-order valence-electron chi connectivity index (χ2n) is 4.00. The van der Waals surface area contributed by atoms with Gasteiger partial charge in [0, 0.05) is 17.2 Å². The van der Waals surface area contributed by atoms with E-state index in [1.807, 2.05) is 42.5 Å². The summed E-state index contributed by atoms with van der Waals surface area (Å²) < 4.78 is 5.10. The van der Waals surface area contributed by atoms with Crippen molar-refractivity contribution in [1.82, 2.24) is 0 Å². The molecular weight excluding hydrogens is 228 g/mol. The molecule has 1 N–H and O–H groups in total. The summed E-state index contributed by atoms with van der Waals surface area (Å²) in [7, 11) is 0. The Morgan fingerprint density at radius 2 is 1.89 bits per heavy atom. The molecule has 3 nitrogen and oxygen atoms in total. The van der Waals surface area contributed by atoms with Crippen LogP contribution >= 0.6 is 0 Å². The summed E-state index contributed by atoms with van der Waals surface area (Å²) in [5.41, 5.74) is 1.64. The molecule has 0 saturated carbocycles. The van der Waals surface area contributed by atoms with Crippen molar-refractivity contribution in [3.8, 4) is 11.5 Å². The Kier molecular flexibility index (Phi) is 3.63. The van der Waals surface area contributed by atoms with Crippen LogP contribution < -0.4 is 4.74 Å². The lowest BCUT2D eigenvalue weighted by Crippen LogP contribution is -2.01. The fourth-order valence-electron chi connectivity index (χ4n) is 1.59. The lowest BCUT2D eigenvalue weighted by atomic mass is 10.1. The molecule has 3 heteroatoms. The van der Waals surface area contributed by atoms with Crippen molar-refractivity contribution in [2.45, 2.75) is 13.5 Å². The third kappa shape index (κ3) is 2.88. The zero-order valence-corrected chi connectivity index (χ0v) is 10.1. The molecular formula is C15H14O3. The number of ketones is 1. The average molecular weight is 242 g/mol. The number of phenolic OH excluding ortho intramolecular Hbond substituents is 1. The third-order valence-corrected chi connectivity index (χ3v) is 2.63. The predicted molar refractivity (Wildman–Crippen MR) is 68.9 cm³/mol. The number of fused-ring (bicyclic) bond motifs is 3. The van der Waals surface area contributed by atoms with E-state index >= 15 is 0 Å². The van der Waals surface area contributed by atoms with E-state index in [1.54, 1.807) is 13.0 Å². The number of phenols is 1. The van der Waals surface area contributed by atoms with Crippen molar-refractivity contribution in [1.29, 1.82) is 0 Å². The van der Waals surface area contributed by atoms with Crippen LogP contribution in [0.5, 0.6) is 11.5 Å². The molecule has 2 aliphatic rings. The lowest BCUT2D eigenvalue weighted by molar-refractivity contribution is 0.101. The van der Waals surface area contributed by atoms with Crippen molar-refractivity contribution in [2.75, 3.05) is 0 Å². The Bertz CT molecular complexity index is 547. The van der Waals surface area contributed by atoms with Crippen LogP contribution in [0.3, 0.4) is 0 Å². The molecule has 2 heterocycles. The number of benzene rings is 2. The summed E-state index contributed by atoms with van der Waals surface area (Å²) >= 11 is 0. The van der Waals surface area contributed by atoms with Crippen LogP contribution in [0.1, 0.15) is 22.8 Å². The molecule has 2 bridgehead atoms. The minimum atomic E-state index is 0.121. The Hall–Kier alpha value is -2.29. The van der Waals surface area contributed by atoms with E-state index in [1.165, 1.54) is 0 Å². The molecule has 0 aromatic heterocycles. The Morgan fingerprint density at radius 3 is 2.17 bits per heavy atom. The van der Waals surface area contributed by atoms with Crippen LogP contribution in [-0.2, 0) is 6.61 Å². The van der Waals surface area contributed by atoms with Gasteiger partial charge in [0.25, 0.3) is 0 Å². The molecule has 2 aliphatic heterocycles. The number of hydrogen-bond acceptors (Lipinski definition) is 3. The first-order valence-corrected chi connectivity index (χ1v) is 5.67. The summed E-state index contributed by atoms with van der Waals surface area (Å²) in [4.78, 5) is 10.6. The highest BCUT2D eigenvalue weighted by molar-refractivity contribution is 5.93. The molecule has 0 unspecified atom stereocenters. The topological polar surface area (TPSA) is 46.5 Å². The number of hydrogen-bond donors (Lipinski definition) is 1. The predicted octanol–water partition coefficient (Wildman–Crippen LogP) is 3.17. The molecule has 2 aromatic carbocycles. The van der Waals surface area contributed by atoms with Gasteiger partial charge in [0.15, 0.2) is 5.78 Å². The molecule has 0 amide bonds. The fourth-order valence-corrected chi connectivity index (χ4v) is 1.59. The highest BCUT2D eigenvalue weighted by Gasteiger charge is 2.09. The summed E-state index contributed by atoms with van der Waals surface area (Å²) in [6, 6.07) is 14.6. The first-order chi connectivity index (χ1) is 8.66. The molecule has 0 spiro atoms. The second kappa shape index (κ2) is 5.36. The van der Waals surface area contributed by atoms with Crippen LogP contribution in [0.25, 0.3) is 0 Å². The van der Waals surface area contributed by atoms with Crippen molar-refractivity contribution in [3.63, 3.8) is 0 Å². The van der Waals surface area contributed by atoms with Crippen molar-refractivity contribution in [3.05, 3.63) is 59.7 Å². The standard InChI is InChI=1S/C8H8O.C7H6O2/c1-7(9)8-5-3-2-4-6-8;8-7-3-6-2-1-5(7)4-9-6/h2-6H,1H3;1-3,8H,4H2. The number of Topliss-reactive ketones (excluding diaryl/α,β-unsaturated/α-hetero) is 1. The van der Waals surface area contributed by atoms with Crippen molar-refractivity contribution in [2.24, 2.45) is 0 Å². The maximum atomic E-state index is 10.6. The van der Waals surface area contributed by atoms with Gasteiger partial charge in [-0.05, 0) is 19.1 Å². The smallest absolute Gasteiger partial charge is 0.159 e. The summed E-state index contributed by atoms with van der Waals surface area (Å²) in [5.74, 6) is 1.22. The van der Waals surface area contributed by atoms with Crippen LogP contribution in [0.15, 0.2) is 48.5 Å². The molecule has 2 aromatic rings. The average Bonchev–Trinajstić information content (AvgIpc) is 2.41. The molecule has 0 atom stereocenters. The Morgan fingerprint density at radius 1 is 1.17 bits per heavy atom. The van der Waals surface area contributed by atoms with Crippen LogP contribution in [0.2, 0.25) is 0 Å². The third-order valence-electron chi connectivity index (χ3n) is 2.63. The van der Waals surface area contributed by atoms with E-state index in [9.17, 15) is 4.79 Å². The van der Waals surface area contributed by atoms with E-state index in [0.717, 1.165) is 16.9 Å². The highest BCUT2D eigenvalue weighted by atomic mass is 16.5. The van der Waals surface area contributed by atoms with Gasteiger partial charge in [0.05, 0.1) is 0 Å². The van der Waals surface area contributed by atoms with Gasteiger partial charge in [0.2, 0.25) is 0 Å². The summed E-state index contributed by atoms with van der Waals surface area (Å²) in [6.07, 6.45) is 0. The van der Waals surface area contributed by atoms with Crippen molar-refractivity contribution >= 4 is 5.78 Å². The van der Waals surface area contributed by atoms with E-state index in [2.05, 4.69) is 0 Å². The number of carbonyl (C=O) groups is 1. The van der Waals surface area contributed by atoms with Gasteiger partial charge in [-0.2, -0.15) is 0 Å². The highest BCUT2D eigenvalue weighted by Crippen LogP contribution is 2.29. The van der Waals surface area contributed by atoms with Gasteiger partial charge in [0.1, 0.15) is 18.1 Å². The Labute approximate surface area is 106 Å².